The number of piperazine rings is 1. The second kappa shape index (κ2) is 9.62. The number of hydrogen-bond acceptors (Lipinski definition) is 8. The van der Waals surface area contributed by atoms with E-state index >= 15 is 0 Å². The number of nitrogens with zero attached hydrogens (tertiary/aromatic N) is 4. The van der Waals surface area contributed by atoms with E-state index in [1.165, 1.54) is 0 Å². The molecule has 9 nitrogen and oxygen atoms in total. The molecule has 206 valence electrons. The van der Waals surface area contributed by atoms with Crippen LogP contribution in [0.25, 0.3) is 0 Å². The minimum atomic E-state index is -4.54. The molecule has 0 spiro atoms. The van der Waals surface area contributed by atoms with Gasteiger partial charge in [-0.1, -0.05) is 0 Å². The molecule has 5 rings (SSSR count). The number of methoxy groups -OCH3 is 1. The van der Waals surface area contributed by atoms with E-state index in [1.54, 1.807) is 25.9 Å². The Labute approximate surface area is 214 Å². The summed E-state index contributed by atoms with van der Waals surface area (Å²) in [5.41, 5.74) is -3.15. The highest BCUT2D eigenvalue weighted by molar-refractivity contribution is 5.85. The predicted molar refractivity (Wildman–Crippen MR) is 128 cm³/mol. The van der Waals surface area contributed by atoms with Crippen molar-refractivity contribution in [1.82, 2.24) is 20.2 Å². The smallest absolute Gasteiger partial charge is 0.389 e. The molecule has 0 radical (unpaired) electrons. The maximum absolute atomic E-state index is 14.1. The third-order valence-electron chi connectivity index (χ3n) is 8.84. The van der Waals surface area contributed by atoms with E-state index in [2.05, 4.69) is 15.3 Å². The Bertz CT molecular complexity index is 1010. The zero-order valence-corrected chi connectivity index (χ0v) is 21.5. The molecule has 1 aliphatic carbocycles. The Balaban J connectivity index is 1.29. The summed E-state index contributed by atoms with van der Waals surface area (Å²) in [5, 5.41) is 14.9. The van der Waals surface area contributed by atoms with Crippen LogP contribution in [0, 0.1) is 5.41 Å². The molecular formula is C25H36F3N5O4. The van der Waals surface area contributed by atoms with Gasteiger partial charge in [0, 0.05) is 45.1 Å². The van der Waals surface area contributed by atoms with Gasteiger partial charge in [-0.05, 0) is 52.0 Å². The molecule has 6 atom stereocenters. The zero-order chi connectivity index (χ0) is 26.6. The molecule has 1 aromatic heterocycles. The van der Waals surface area contributed by atoms with Gasteiger partial charge in [0.05, 0.1) is 35.8 Å². The number of ether oxygens (including phenoxy) is 2. The van der Waals surface area contributed by atoms with Gasteiger partial charge in [0.15, 0.2) is 0 Å². The minimum Gasteiger partial charge on any atom is -0.389 e. The lowest BCUT2D eigenvalue weighted by Gasteiger charge is -2.45. The summed E-state index contributed by atoms with van der Waals surface area (Å²) in [4.78, 5) is 25.5. The Hall–Kier alpha value is -2.02. The molecule has 12 heteroatoms. The van der Waals surface area contributed by atoms with Crippen LogP contribution in [0.2, 0.25) is 0 Å². The van der Waals surface area contributed by atoms with Crippen molar-refractivity contribution in [1.29, 1.82) is 0 Å². The van der Waals surface area contributed by atoms with Crippen LogP contribution in [0.15, 0.2) is 12.3 Å². The molecule has 0 unspecified atom stereocenters. The molecule has 1 aromatic rings. The lowest BCUT2D eigenvalue weighted by Crippen LogP contribution is -2.59. The van der Waals surface area contributed by atoms with Gasteiger partial charge in [-0.3, -0.25) is 4.79 Å². The third kappa shape index (κ3) is 4.81. The highest BCUT2D eigenvalue weighted by atomic mass is 19.4. The van der Waals surface area contributed by atoms with E-state index in [1.807, 2.05) is 4.90 Å². The topological polar surface area (TPSA) is 100 Å². The van der Waals surface area contributed by atoms with Gasteiger partial charge in [0.1, 0.15) is 5.69 Å². The van der Waals surface area contributed by atoms with E-state index in [0.717, 1.165) is 25.1 Å². The fourth-order valence-electron chi connectivity index (χ4n) is 6.72. The zero-order valence-electron chi connectivity index (χ0n) is 21.5. The van der Waals surface area contributed by atoms with Crippen LogP contribution in [-0.2, 0) is 20.4 Å². The van der Waals surface area contributed by atoms with Gasteiger partial charge in [0.25, 0.3) is 0 Å². The SMILES string of the molecule is CO[C@@H]1COCC[C@@H]1N[C@@H]1CC[C@@](C(=O)N2C[C@@H]3C[C@H]2CN3c2nccc(C(F)(F)F)n2)(C(C)(C)O)C1. The number of fused-ring (bicyclic) bond motifs is 2. The Kier molecular flexibility index (Phi) is 6.91. The number of aromatic nitrogens is 2. The van der Waals surface area contributed by atoms with Crippen LogP contribution in [0.5, 0.6) is 0 Å². The molecule has 3 aliphatic heterocycles. The standard InChI is InChI=1S/C25H36F3N5O4/c1-23(2,35)24(7-4-15(11-24)30-18-6-9-37-14-19(18)36-3)21(34)32-12-17-10-16(32)13-33(17)22-29-8-5-20(31-22)25(26,27)28/h5,8,15-19,30,35H,4,6-7,9-14H2,1-3H3/t15-,16+,17+,18+,19-,24-/m1/s1. The first-order chi connectivity index (χ1) is 17.4. The third-order valence-corrected chi connectivity index (χ3v) is 8.84. The summed E-state index contributed by atoms with van der Waals surface area (Å²) in [6, 6.07) is 0.735. The van der Waals surface area contributed by atoms with Crippen molar-refractivity contribution >= 4 is 11.9 Å². The molecule has 1 amide bonds. The average molecular weight is 528 g/mol. The van der Waals surface area contributed by atoms with Crippen molar-refractivity contribution in [3.8, 4) is 0 Å². The molecule has 4 aliphatic rings. The molecule has 2 bridgehead atoms. The Morgan fingerprint density at radius 3 is 2.70 bits per heavy atom. The van der Waals surface area contributed by atoms with Gasteiger partial charge in [0.2, 0.25) is 11.9 Å². The molecule has 2 N–H and O–H groups in total. The summed E-state index contributed by atoms with van der Waals surface area (Å²) in [5.74, 6) is -0.0300. The van der Waals surface area contributed by atoms with E-state index in [-0.39, 0.29) is 42.1 Å². The quantitative estimate of drug-likeness (QED) is 0.580. The molecule has 1 saturated carbocycles. The van der Waals surface area contributed by atoms with Crippen molar-refractivity contribution in [2.75, 3.05) is 38.3 Å². The number of likely N-dealkylation sites (tertiary alicyclic amines) is 1. The Morgan fingerprint density at radius 2 is 2.05 bits per heavy atom. The van der Waals surface area contributed by atoms with Crippen molar-refractivity contribution in [2.45, 2.75) is 88.0 Å². The minimum absolute atomic E-state index is 0.0425. The molecule has 4 heterocycles. The lowest BCUT2D eigenvalue weighted by molar-refractivity contribution is -0.159. The number of amides is 1. The van der Waals surface area contributed by atoms with Crippen molar-refractivity contribution in [3.05, 3.63) is 18.0 Å². The van der Waals surface area contributed by atoms with Crippen molar-refractivity contribution in [2.24, 2.45) is 5.41 Å². The van der Waals surface area contributed by atoms with Crippen LogP contribution < -0.4 is 10.2 Å². The lowest BCUT2D eigenvalue weighted by atomic mass is 9.70. The summed E-state index contributed by atoms with van der Waals surface area (Å²) in [6.45, 7) is 5.35. The number of rotatable bonds is 6. The normalized spacial score (nSPS) is 34.4. The monoisotopic (exact) mass is 527 g/mol. The first-order valence-electron chi connectivity index (χ1n) is 13.0. The molecule has 4 fully saturated rings. The van der Waals surface area contributed by atoms with Crippen LogP contribution in [0.4, 0.5) is 19.1 Å². The first kappa shape index (κ1) is 26.6. The van der Waals surface area contributed by atoms with Gasteiger partial charge in [-0.15, -0.1) is 0 Å². The first-order valence-corrected chi connectivity index (χ1v) is 13.0. The summed E-state index contributed by atoms with van der Waals surface area (Å²) < 4.78 is 50.6. The van der Waals surface area contributed by atoms with Gasteiger partial charge in [-0.25, -0.2) is 9.97 Å². The second-order valence-corrected chi connectivity index (χ2v) is 11.4. The van der Waals surface area contributed by atoms with E-state index in [9.17, 15) is 23.1 Å². The second-order valence-electron chi connectivity index (χ2n) is 11.4. The van der Waals surface area contributed by atoms with Gasteiger partial charge >= 0.3 is 6.18 Å². The molecular weight excluding hydrogens is 491 g/mol. The summed E-state index contributed by atoms with van der Waals surface area (Å²) in [7, 11) is 1.67. The number of hydrogen-bond donors (Lipinski definition) is 2. The number of anilines is 1. The molecule has 3 saturated heterocycles. The highest BCUT2D eigenvalue weighted by Gasteiger charge is 2.59. The molecule has 37 heavy (non-hydrogen) atoms. The summed E-state index contributed by atoms with van der Waals surface area (Å²) in [6.07, 6.45) is -0.177. The number of nitrogens with one attached hydrogen (secondary N) is 1. The van der Waals surface area contributed by atoms with E-state index in [0.29, 0.717) is 45.6 Å². The van der Waals surface area contributed by atoms with Crippen LogP contribution >= 0.6 is 0 Å². The number of carbonyl (C=O) groups is 1. The number of halogens is 3. The molecule has 0 aromatic carbocycles. The highest BCUT2D eigenvalue weighted by Crippen LogP contribution is 2.50. The van der Waals surface area contributed by atoms with Crippen molar-refractivity contribution in [3.63, 3.8) is 0 Å². The predicted octanol–water partition coefficient (Wildman–Crippen LogP) is 1.99. The van der Waals surface area contributed by atoms with Gasteiger partial charge < -0.3 is 29.7 Å². The number of carbonyl (C=O) groups excluding carboxylic acids is 1. The van der Waals surface area contributed by atoms with E-state index < -0.39 is 22.9 Å². The summed E-state index contributed by atoms with van der Waals surface area (Å²) >= 11 is 0. The van der Waals surface area contributed by atoms with Crippen molar-refractivity contribution < 1.29 is 32.5 Å². The number of aliphatic hydroxyl groups is 1. The fourth-order valence-corrected chi connectivity index (χ4v) is 6.72. The van der Waals surface area contributed by atoms with Crippen LogP contribution in [0.3, 0.4) is 0 Å². The van der Waals surface area contributed by atoms with Crippen LogP contribution in [-0.4, -0.2) is 95.2 Å². The Morgan fingerprint density at radius 1 is 1.27 bits per heavy atom. The maximum Gasteiger partial charge on any atom is 0.433 e. The largest absolute Gasteiger partial charge is 0.433 e. The maximum atomic E-state index is 14.1. The van der Waals surface area contributed by atoms with Crippen LogP contribution in [0.1, 0.15) is 51.6 Å². The fraction of sp³-hybridized carbons (Fsp3) is 0.800. The van der Waals surface area contributed by atoms with E-state index in [4.69, 9.17) is 9.47 Å². The average Bonchev–Trinajstić information content (AvgIpc) is 3.58. The van der Waals surface area contributed by atoms with Gasteiger partial charge in [-0.2, -0.15) is 13.2 Å². The number of alkyl halides is 3.